The first-order valence-electron chi connectivity index (χ1n) is 11.4. The van der Waals surface area contributed by atoms with Crippen molar-refractivity contribution < 1.29 is 9.90 Å². The second-order valence-corrected chi connectivity index (χ2v) is 9.04. The van der Waals surface area contributed by atoms with Crippen molar-refractivity contribution in [2.24, 2.45) is 10.9 Å². The molecular formula is C25H30ClN5O4. The zero-order valence-electron chi connectivity index (χ0n) is 20.2. The Balaban J connectivity index is 2.12. The van der Waals surface area contributed by atoms with Crippen LogP contribution in [0, 0.1) is 5.92 Å². The zero-order valence-corrected chi connectivity index (χ0v) is 21.0. The van der Waals surface area contributed by atoms with E-state index in [1.165, 1.54) is 11.5 Å². The fourth-order valence-corrected chi connectivity index (χ4v) is 3.88. The van der Waals surface area contributed by atoms with E-state index in [4.69, 9.17) is 11.6 Å². The third-order valence-corrected chi connectivity index (χ3v) is 5.95. The van der Waals surface area contributed by atoms with Crippen molar-refractivity contribution in [2.45, 2.75) is 46.8 Å². The van der Waals surface area contributed by atoms with Gasteiger partial charge in [0.05, 0.1) is 18.2 Å². The molecule has 1 atom stereocenters. The zero-order chi connectivity index (χ0) is 25.7. The number of nitrogens with zero attached hydrogens (tertiary/aromatic N) is 4. The molecule has 9 nitrogen and oxygen atoms in total. The first kappa shape index (κ1) is 26.0. The molecule has 2 N–H and O–H groups in total. The van der Waals surface area contributed by atoms with Gasteiger partial charge in [0.25, 0.3) is 0 Å². The molecule has 0 aliphatic heterocycles. The smallest absolute Gasteiger partial charge is 0.335 e. The molecule has 1 aromatic heterocycles. The van der Waals surface area contributed by atoms with Gasteiger partial charge in [0.2, 0.25) is 5.62 Å². The number of carboxylic acids is 1. The highest BCUT2D eigenvalue weighted by atomic mass is 35.5. The van der Waals surface area contributed by atoms with Crippen molar-refractivity contribution in [3.63, 3.8) is 0 Å². The monoisotopic (exact) mass is 499 g/mol. The Morgan fingerprint density at radius 3 is 2.23 bits per heavy atom. The predicted octanol–water partition coefficient (Wildman–Crippen LogP) is 3.23. The topological polar surface area (TPSA) is 113 Å². The molecular weight excluding hydrogens is 470 g/mol. The van der Waals surface area contributed by atoms with Gasteiger partial charge in [-0.25, -0.2) is 19.1 Å². The van der Waals surface area contributed by atoms with Crippen LogP contribution in [-0.4, -0.2) is 37.8 Å². The summed E-state index contributed by atoms with van der Waals surface area (Å²) in [5.74, 6) is -2.02. The minimum Gasteiger partial charge on any atom is -0.481 e. The van der Waals surface area contributed by atoms with Gasteiger partial charge >= 0.3 is 17.3 Å². The standard InChI is InChI=1S/C25H30ClN5O4/c1-5-29(16(2)3)21-12-10-20(11-13-21)27-23-28-24(34)31(14-17(4)22(32)33)25(35)30(23)15-18-6-8-19(26)9-7-18/h6-13,16-17H,5,14-15H2,1-4H3,(H,32,33)(H,27,28,34)/t17-/m0/s1. The highest BCUT2D eigenvalue weighted by Gasteiger charge is 2.17. The molecule has 35 heavy (non-hydrogen) atoms. The van der Waals surface area contributed by atoms with Gasteiger partial charge in [-0.15, -0.1) is 0 Å². The number of carbonyl (C=O) groups is 1. The average Bonchev–Trinajstić information content (AvgIpc) is 2.81. The van der Waals surface area contributed by atoms with Crippen LogP contribution in [0.2, 0.25) is 5.02 Å². The summed E-state index contributed by atoms with van der Waals surface area (Å²) in [4.78, 5) is 46.8. The van der Waals surface area contributed by atoms with E-state index in [0.717, 1.165) is 22.4 Å². The molecule has 0 unspecified atom stereocenters. The number of halogens is 1. The van der Waals surface area contributed by atoms with Crippen LogP contribution in [0.15, 0.2) is 63.1 Å². The summed E-state index contributed by atoms with van der Waals surface area (Å²) in [5.41, 5.74) is 1.07. The Bertz CT molecular complexity index is 1350. The van der Waals surface area contributed by atoms with Crippen molar-refractivity contribution in [2.75, 3.05) is 11.4 Å². The third kappa shape index (κ3) is 6.30. The number of aliphatic carboxylic acids is 1. The van der Waals surface area contributed by atoms with E-state index in [0.29, 0.717) is 16.8 Å². The van der Waals surface area contributed by atoms with E-state index in [-0.39, 0.29) is 18.7 Å². The van der Waals surface area contributed by atoms with Crippen LogP contribution in [0.5, 0.6) is 0 Å². The Morgan fingerprint density at radius 2 is 1.69 bits per heavy atom. The number of nitrogens with one attached hydrogen (secondary N) is 1. The van der Waals surface area contributed by atoms with Gasteiger partial charge in [0, 0.05) is 29.8 Å². The SMILES string of the molecule is CCN(c1ccc(/N=c2\[nH]c(=O)n(C[C@H](C)C(=O)O)c(=O)n2Cc2ccc(Cl)cc2)cc1)C(C)C. The number of aromatic amines is 1. The number of hydrogen-bond donors (Lipinski definition) is 2. The second kappa shape index (κ2) is 11.2. The molecule has 0 radical (unpaired) electrons. The molecule has 3 rings (SSSR count). The number of aromatic nitrogens is 3. The lowest BCUT2D eigenvalue weighted by Crippen LogP contribution is -2.51. The molecule has 3 aromatic rings. The molecule has 0 aliphatic carbocycles. The van der Waals surface area contributed by atoms with Crippen LogP contribution in [-0.2, 0) is 17.9 Å². The molecule has 0 spiro atoms. The van der Waals surface area contributed by atoms with E-state index in [2.05, 4.69) is 35.6 Å². The molecule has 1 heterocycles. The summed E-state index contributed by atoms with van der Waals surface area (Å²) >= 11 is 5.98. The van der Waals surface area contributed by atoms with Crippen molar-refractivity contribution in [1.29, 1.82) is 0 Å². The lowest BCUT2D eigenvalue weighted by Gasteiger charge is -2.27. The molecule has 10 heteroatoms. The van der Waals surface area contributed by atoms with Gasteiger partial charge in [-0.3, -0.25) is 14.3 Å². The molecule has 0 fully saturated rings. The van der Waals surface area contributed by atoms with Crippen LogP contribution in [0.1, 0.15) is 33.3 Å². The Labute approximate surface area is 208 Å². The first-order valence-corrected chi connectivity index (χ1v) is 11.8. The number of hydrogen-bond acceptors (Lipinski definition) is 5. The van der Waals surface area contributed by atoms with Crippen LogP contribution >= 0.6 is 11.6 Å². The molecule has 0 amide bonds. The van der Waals surface area contributed by atoms with Gasteiger partial charge in [0.15, 0.2) is 0 Å². The maximum Gasteiger partial charge on any atom is 0.335 e. The van der Waals surface area contributed by atoms with E-state index < -0.39 is 23.3 Å². The number of anilines is 1. The molecule has 186 valence electrons. The molecule has 0 saturated heterocycles. The number of H-pyrrole nitrogens is 1. The van der Waals surface area contributed by atoms with Crippen LogP contribution in [0.25, 0.3) is 0 Å². The summed E-state index contributed by atoms with van der Waals surface area (Å²) in [6, 6.07) is 14.8. The molecule has 0 aliphatic rings. The average molecular weight is 500 g/mol. The Hall–Kier alpha value is -3.59. The maximum atomic E-state index is 13.3. The normalized spacial score (nSPS) is 12.7. The van der Waals surface area contributed by atoms with Crippen molar-refractivity contribution in [3.8, 4) is 0 Å². The van der Waals surface area contributed by atoms with Crippen molar-refractivity contribution in [3.05, 3.63) is 85.7 Å². The molecule has 0 saturated carbocycles. The minimum atomic E-state index is -1.10. The fraction of sp³-hybridized carbons (Fsp3) is 0.360. The highest BCUT2D eigenvalue weighted by molar-refractivity contribution is 6.30. The first-order chi connectivity index (χ1) is 16.6. The van der Waals surface area contributed by atoms with E-state index in [1.807, 2.05) is 24.3 Å². The van der Waals surface area contributed by atoms with E-state index in [1.54, 1.807) is 24.3 Å². The van der Waals surface area contributed by atoms with Gasteiger partial charge in [0.1, 0.15) is 0 Å². The van der Waals surface area contributed by atoms with Crippen molar-refractivity contribution in [1.82, 2.24) is 14.1 Å². The van der Waals surface area contributed by atoms with Crippen LogP contribution in [0.3, 0.4) is 0 Å². The van der Waals surface area contributed by atoms with Crippen molar-refractivity contribution >= 4 is 28.9 Å². The lowest BCUT2D eigenvalue weighted by molar-refractivity contribution is -0.141. The summed E-state index contributed by atoms with van der Waals surface area (Å²) in [7, 11) is 0. The summed E-state index contributed by atoms with van der Waals surface area (Å²) in [6.07, 6.45) is 0. The quantitative estimate of drug-likeness (QED) is 0.469. The fourth-order valence-electron chi connectivity index (χ4n) is 3.76. The summed E-state index contributed by atoms with van der Waals surface area (Å²) < 4.78 is 2.21. The molecule has 0 bridgehead atoms. The van der Waals surface area contributed by atoms with Gasteiger partial charge in [-0.2, -0.15) is 0 Å². The van der Waals surface area contributed by atoms with Crippen LogP contribution in [0.4, 0.5) is 11.4 Å². The highest BCUT2D eigenvalue weighted by Crippen LogP contribution is 2.21. The van der Waals surface area contributed by atoms with E-state index >= 15 is 0 Å². The van der Waals surface area contributed by atoms with E-state index in [9.17, 15) is 19.5 Å². The minimum absolute atomic E-state index is 0.0677. The second-order valence-electron chi connectivity index (χ2n) is 8.61. The summed E-state index contributed by atoms with van der Waals surface area (Å²) in [6.45, 7) is 8.47. The molecule has 2 aromatic carbocycles. The number of benzene rings is 2. The lowest BCUT2D eigenvalue weighted by atomic mass is 10.2. The largest absolute Gasteiger partial charge is 0.481 e. The predicted molar refractivity (Wildman–Crippen MR) is 136 cm³/mol. The number of rotatable bonds is 9. The van der Waals surface area contributed by atoms with Gasteiger partial charge in [-0.1, -0.05) is 30.7 Å². The van der Waals surface area contributed by atoms with Gasteiger partial charge < -0.3 is 10.0 Å². The Kier molecular flexibility index (Phi) is 8.34. The third-order valence-electron chi connectivity index (χ3n) is 5.69. The number of carboxylic acid groups (broad SMARTS) is 1. The van der Waals surface area contributed by atoms with Crippen LogP contribution < -0.4 is 21.9 Å². The van der Waals surface area contributed by atoms with Gasteiger partial charge in [-0.05, 0) is 62.7 Å². The summed E-state index contributed by atoms with van der Waals surface area (Å²) in [5, 5.41) is 9.81. The Morgan fingerprint density at radius 1 is 1.06 bits per heavy atom. The maximum absolute atomic E-state index is 13.3.